The van der Waals surface area contributed by atoms with Crippen LogP contribution in [-0.4, -0.2) is 10.2 Å². The molecule has 1 heterocycles. The number of rotatable bonds is 4. The lowest BCUT2D eigenvalue weighted by Crippen LogP contribution is -1.90. The van der Waals surface area contributed by atoms with Crippen LogP contribution in [0.15, 0.2) is 34.7 Å². The van der Waals surface area contributed by atoms with Gasteiger partial charge in [0.15, 0.2) is 0 Å². The molecular formula is C13H16N2O. The summed E-state index contributed by atoms with van der Waals surface area (Å²) in [5.74, 6) is 1.76. The van der Waals surface area contributed by atoms with Crippen LogP contribution in [0.2, 0.25) is 0 Å². The molecule has 3 nitrogen and oxygen atoms in total. The summed E-state index contributed by atoms with van der Waals surface area (Å²) < 4.78 is 5.54. The second-order valence-corrected chi connectivity index (χ2v) is 4.17. The van der Waals surface area contributed by atoms with Crippen LogP contribution in [0.5, 0.6) is 0 Å². The van der Waals surface area contributed by atoms with E-state index in [0.717, 1.165) is 24.6 Å². The van der Waals surface area contributed by atoms with E-state index < -0.39 is 0 Å². The third-order valence-electron chi connectivity index (χ3n) is 2.45. The van der Waals surface area contributed by atoms with Crippen molar-refractivity contribution in [3.8, 4) is 0 Å². The van der Waals surface area contributed by atoms with Crippen LogP contribution >= 0.6 is 0 Å². The molecule has 0 atom stereocenters. The van der Waals surface area contributed by atoms with Gasteiger partial charge in [0.25, 0.3) is 0 Å². The van der Waals surface area contributed by atoms with E-state index in [1.54, 1.807) is 0 Å². The Morgan fingerprint density at radius 3 is 2.44 bits per heavy atom. The third kappa shape index (κ3) is 2.69. The SMILES string of the molecule is CC(C)c1nnc(CCc2ccccc2)o1. The van der Waals surface area contributed by atoms with Crippen LogP contribution in [-0.2, 0) is 12.8 Å². The van der Waals surface area contributed by atoms with Crippen LogP contribution in [0.3, 0.4) is 0 Å². The zero-order valence-electron chi connectivity index (χ0n) is 9.68. The molecule has 0 bridgehead atoms. The Bertz CT molecular complexity index is 434. The number of aromatic nitrogens is 2. The fourth-order valence-corrected chi connectivity index (χ4v) is 1.50. The molecule has 84 valence electrons. The van der Waals surface area contributed by atoms with E-state index in [0.29, 0.717) is 5.92 Å². The number of benzene rings is 1. The molecule has 0 aliphatic carbocycles. The summed E-state index contributed by atoms with van der Waals surface area (Å²) in [6, 6.07) is 10.3. The highest BCUT2D eigenvalue weighted by Crippen LogP contribution is 2.13. The quantitative estimate of drug-likeness (QED) is 0.788. The predicted octanol–water partition coefficient (Wildman–Crippen LogP) is 2.98. The topological polar surface area (TPSA) is 38.9 Å². The van der Waals surface area contributed by atoms with E-state index in [9.17, 15) is 0 Å². The van der Waals surface area contributed by atoms with Crippen molar-refractivity contribution in [1.82, 2.24) is 10.2 Å². The average molecular weight is 216 g/mol. The number of hydrogen-bond donors (Lipinski definition) is 0. The zero-order valence-corrected chi connectivity index (χ0v) is 9.68. The third-order valence-corrected chi connectivity index (χ3v) is 2.45. The highest BCUT2D eigenvalue weighted by Gasteiger charge is 2.09. The van der Waals surface area contributed by atoms with Gasteiger partial charge in [0.1, 0.15) is 0 Å². The van der Waals surface area contributed by atoms with E-state index in [2.05, 4.69) is 36.2 Å². The van der Waals surface area contributed by atoms with Crippen molar-refractivity contribution >= 4 is 0 Å². The Balaban J connectivity index is 1.95. The normalized spacial score (nSPS) is 10.9. The van der Waals surface area contributed by atoms with E-state index >= 15 is 0 Å². The second-order valence-electron chi connectivity index (χ2n) is 4.17. The molecule has 0 saturated heterocycles. The van der Waals surface area contributed by atoms with Crippen LogP contribution in [0.4, 0.5) is 0 Å². The molecule has 0 aliphatic heterocycles. The lowest BCUT2D eigenvalue weighted by molar-refractivity contribution is 0.431. The monoisotopic (exact) mass is 216 g/mol. The van der Waals surface area contributed by atoms with E-state index in [1.165, 1.54) is 5.56 Å². The van der Waals surface area contributed by atoms with Crippen molar-refractivity contribution < 1.29 is 4.42 Å². The summed E-state index contributed by atoms with van der Waals surface area (Å²) in [4.78, 5) is 0. The maximum absolute atomic E-state index is 5.54. The fraction of sp³-hybridized carbons (Fsp3) is 0.385. The molecule has 0 spiro atoms. The Morgan fingerprint density at radius 2 is 1.81 bits per heavy atom. The highest BCUT2D eigenvalue weighted by atomic mass is 16.4. The van der Waals surface area contributed by atoms with Gasteiger partial charge in [0.05, 0.1) is 0 Å². The van der Waals surface area contributed by atoms with Crippen molar-refractivity contribution in [2.75, 3.05) is 0 Å². The van der Waals surface area contributed by atoms with Gasteiger partial charge in [0.2, 0.25) is 11.8 Å². The van der Waals surface area contributed by atoms with Gasteiger partial charge >= 0.3 is 0 Å². The van der Waals surface area contributed by atoms with Gasteiger partial charge in [0, 0.05) is 12.3 Å². The first kappa shape index (κ1) is 10.9. The van der Waals surface area contributed by atoms with Gasteiger partial charge < -0.3 is 4.42 Å². The summed E-state index contributed by atoms with van der Waals surface area (Å²) >= 11 is 0. The molecule has 0 unspecified atom stereocenters. The van der Waals surface area contributed by atoms with Crippen LogP contribution < -0.4 is 0 Å². The van der Waals surface area contributed by atoms with Gasteiger partial charge in [-0.3, -0.25) is 0 Å². The van der Waals surface area contributed by atoms with Crippen molar-refractivity contribution in [3.63, 3.8) is 0 Å². The summed E-state index contributed by atoms with van der Waals surface area (Å²) in [5, 5.41) is 8.05. The summed E-state index contributed by atoms with van der Waals surface area (Å²) in [7, 11) is 0. The molecule has 0 radical (unpaired) electrons. The lowest BCUT2D eigenvalue weighted by atomic mass is 10.1. The second kappa shape index (κ2) is 4.92. The van der Waals surface area contributed by atoms with Gasteiger partial charge in [-0.05, 0) is 12.0 Å². The molecule has 0 aliphatic rings. The molecule has 16 heavy (non-hydrogen) atoms. The summed E-state index contributed by atoms with van der Waals surface area (Å²) in [5.41, 5.74) is 1.30. The first-order valence-electron chi connectivity index (χ1n) is 5.62. The van der Waals surface area contributed by atoms with Gasteiger partial charge in [-0.15, -0.1) is 10.2 Å². The van der Waals surface area contributed by atoms with E-state index in [4.69, 9.17) is 4.42 Å². The largest absolute Gasteiger partial charge is 0.425 e. The van der Waals surface area contributed by atoms with Crippen molar-refractivity contribution in [3.05, 3.63) is 47.7 Å². The number of nitrogens with zero attached hydrogens (tertiary/aromatic N) is 2. The van der Waals surface area contributed by atoms with Crippen molar-refractivity contribution in [2.24, 2.45) is 0 Å². The van der Waals surface area contributed by atoms with E-state index in [-0.39, 0.29) is 0 Å². The Morgan fingerprint density at radius 1 is 1.06 bits per heavy atom. The number of hydrogen-bond acceptors (Lipinski definition) is 3. The maximum Gasteiger partial charge on any atom is 0.219 e. The van der Waals surface area contributed by atoms with Gasteiger partial charge in [-0.2, -0.15) is 0 Å². The summed E-state index contributed by atoms with van der Waals surface area (Å²) in [6.07, 6.45) is 1.75. The zero-order chi connectivity index (χ0) is 11.4. The average Bonchev–Trinajstić information content (AvgIpc) is 2.76. The molecule has 2 rings (SSSR count). The minimum Gasteiger partial charge on any atom is -0.425 e. The highest BCUT2D eigenvalue weighted by molar-refractivity contribution is 5.15. The van der Waals surface area contributed by atoms with Gasteiger partial charge in [-0.1, -0.05) is 44.2 Å². The minimum atomic E-state index is 0.304. The predicted molar refractivity (Wildman–Crippen MR) is 62.2 cm³/mol. The smallest absolute Gasteiger partial charge is 0.219 e. The number of aryl methyl sites for hydroxylation is 2. The standard InChI is InChI=1S/C13H16N2O/c1-10(2)13-15-14-12(16-13)9-8-11-6-4-3-5-7-11/h3-7,10H,8-9H2,1-2H3. The molecule has 1 aromatic carbocycles. The van der Waals surface area contributed by atoms with Crippen LogP contribution in [0, 0.1) is 0 Å². The molecule has 2 aromatic rings. The van der Waals surface area contributed by atoms with Crippen LogP contribution in [0.1, 0.15) is 37.1 Å². The molecule has 1 aromatic heterocycles. The minimum absolute atomic E-state index is 0.304. The Kier molecular flexibility index (Phi) is 3.34. The molecule has 0 fully saturated rings. The van der Waals surface area contributed by atoms with Crippen LogP contribution in [0.25, 0.3) is 0 Å². The maximum atomic E-state index is 5.54. The van der Waals surface area contributed by atoms with E-state index in [1.807, 2.05) is 18.2 Å². The van der Waals surface area contributed by atoms with Crippen molar-refractivity contribution in [2.45, 2.75) is 32.6 Å². The van der Waals surface area contributed by atoms with Gasteiger partial charge in [-0.25, -0.2) is 0 Å². The Labute approximate surface area is 95.5 Å². The molecule has 3 heteroatoms. The fourth-order valence-electron chi connectivity index (χ4n) is 1.50. The van der Waals surface area contributed by atoms with Crippen molar-refractivity contribution in [1.29, 1.82) is 0 Å². The molecule has 0 N–H and O–H groups in total. The summed E-state index contributed by atoms with van der Waals surface area (Å²) in [6.45, 7) is 4.10. The molecule has 0 amide bonds. The molecule has 0 saturated carbocycles. The molecular weight excluding hydrogens is 200 g/mol. The Hall–Kier alpha value is -1.64. The first-order chi connectivity index (χ1) is 7.75. The lowest BCUT2D eigenvalue weighted by Gasteiger charge is -1.97. The first-order valence-corrected chi connectivity index (χ1v) is 5.62.